The molecule has 1 aromatic rings. The highest BCUT2D eigenvalue weighted by atomic mass is 16.6. The number of aldehydes is 1. The molecule has 0 spiro atoms. The van der Waals surface area contributed by atoms with Gasteiger partial charge in [-0.05, 0) is 25.8 Å². The number of carbonyl (C=O) groups is 1. The molecule has 0 unspecified atom stereocenters. The minimum absolute atomic E-state index is 0.145. The molecule has 80 valence electrons. The standard InChI is InChI=1S/C11H13NO3/c1-9-5-6-11(12(14)15)10(8-9)4-2-3-7-13/h5-8H,2-4H2,1H3. The predicted octanol–water partition coefficient (Wildman–Crippen LogP) is 2.42. The SMILES string of the molecule is Cc1ccc([N+](=O)[O-])c(CCCC=O)c1. The van der Waals surface area contributed by atoms with Gasteiger partial charge in [0.1, 0.15) is 6.29 Å². The van der Waals surface area contributed by atoms with Crippen molar-refractivity contribution in [2.45, 2.75) is 26.2 Å². The van der Waals surface area contributed by atoms with Crippen LogP contribution in [0, 0.1) is 17.0 Å². The molecule has 0 aliphatic carbocycles. The number of rotatable bonds is 5. The van der Waals surface area contributed by atoms with Crippen LogP contribution in [0.1, 0.15) is 24.0 Å². The predicted molar refractivity (Wildman–Crippen MR) is 56.8 cm³/mol. The van der Waals surface area contributed by atoms with E-state index in [0.717, 1.165) is 11.8 Å². The summed E-state index contributed by atoms with van der Waals surface area (Å²) < 4.78 is 0. The van der Waals surface area contributed by atoms with Gasteiger partial charge in [-0.25, -0.2) is 0 Å². The highest BCUT2D eigenvalue weighted by Gasteiger charge is 2.12. The molecule has 4 heteroatoms. The van der Waals surface area contributed by atoms with Crippen molar-refractivity contribution in [1.82, 2.24) is 0 Å². The fraction of sp³-hybridized carbons (Fsp3) is 0.364. The van der Waals surface area contributed by atoms with Crippen molar-refractivity contribution in [2.75, 3.05) is 0 Å². The smallest absolute Gasteiger partial charge is 0.272 e. The van der Waals surface area contributed by atoms with Gasteiger partial charge < -0.3 is 4.79 Å². The Bertz CT molecular complexity index is 374. The fourth-order valence-corrected chi connectivity index (χ4v) is 1.47. The van der Waals surface area contributed by atoms with Crippen molar-refractivity contribution < 1.29 is 9.72 Å². The van der Waals surface area contributed by atoms with E-state index < -0.39 is 0 Å². The van der Waals surface area contributed by atoms with Crippen LogP contribution in [-0.4, -0.2) is 11.2 Å². The number of nitrogens with zero attached hydrogens (tertiary/aromatic N) is 1. The van der Waals surface area contributed by atoms with Crippen LogP contribution in [0.4, 0.5) is 5.69 Å². The van der Waals surface area contributed by atoms with Gasteiger partial charge in [0.05, 0.1) is 4.92 Å². The summed E-state index contributed by atoms with van der Waals surface area (Å²) in [6.45, 7) is 1.90. The van der Waals surface area contributed by atoms with E-state index in [1.165, 1.54) is 6.07 Å². The zero-order valence-electron chi connectivity index (χ0n) is 8.60. The minimum atomic E-state index is -0.379. The Labute approximate surface area is 88.1 Å². The molecular weight excluding hydrogens is 194 g/mol. The lowest BCUT2D eigenvalue weighted by molar-refractivity contribution is -0.385. The maximum Gasteiger partial charge on any atom is 0.272 e. The molecule has 0 fully saturated rings. The van der Waals surface area contributed by atoms with Crippen molar-refractivity contribution >= 4 is 12.0 Å². The summed E-state index contributed by atoms with van der Waals surface area (Å²) in [6, 6.07) is 5.05. The topological polar surface area (TPSA) is 60.2 Å². The normalized spacial score (nSPS) is 9.93. The van der Waals surface area contributed by atoms with Crippen molar-refractivity contribution in [2.24, 2.45) is 0 Å². The van der Waals surface area contributed by atoms with E-state index in [4.69, 9.17) is 0 Å². The molecule has 4 nitrogen and oxygen atoms in total. The zero-order valence-corrected chi connectivity index (χ0v) is 8.60. The molecule has 0 amide bonds. The Morgan fingerprint density at radius 3 is 2.80 bits per heavy atom. The van der Waals surface area contributed by atoms with E-state index in [1.807, 2.05) is 13.0 Å². The maximum atomic E-state index is 10.7. The first-order valence-electron chi connectivity index (χ1n) is 4.82. The van der Waals surface area contributed by atoms with Crippen molar-refractivity contribution in [3.05, 3.63) is 39.4 Å². The average molecular weight is 207 g/mol. The van der Waals surface area contributed by atoms with Gasteiger partial charge in [0.2, 0.25) is 0 Å². The van der Waals surface area contributed by atoms with E-state index in [1.54, 1.807) is 6.07 Å². The largest absolute Gasteiger partial charge is 0.303 e. The third-order valence-corrected chi connectivity index (χ3v) is 2.20. The van der Waals surface area contributed by atoms with Gasteiger partial charge in [0.25, 0.3) is 5.69 Å². The van der Waals surface area contributed by atoms with Gasteiger partial charge in [0, 0.05) is 18.1 Å². The Morgan fingerprint density at radius 1 is 1.47 bits per heavy atom. The number of hydrogen-bond acceptors (Lipinski definition) is 3. The molecule has 0 bridgehead atoms. The van der Waals surface area contributed by atoms with Crippen molar-refractivity contribution in [1.29, 1.82) is 0 Å². The van der Waals surface area contributed by atoms with Gasteiger partial charge in [-0.15, -0.1) is 0 Å². The zero-order chi connectivity index (χ0) is 11.3. The van der Waals surface area contributed by atoms with Crippen LogP contribution < -0.4 is 0 Å². The van der Waals surface area contributed by atoms with Crippen LogP contribution in [0.15, 0.2) is 18.2 Å². The first kappa shape index (κ1) is 11.4. The van der Waals surface area contributed by atoms with Crippen LogP contribution in [0.3, 0.4) is 0 Å². The summed E-state index contributed by atoms with van der Waals surface area (Å²) >= 11 is 0. The summed E-state index contributed by atoms with van der Waals surface area (Å²) in [7, 11) is 0. The highest BCUT2D eigenvalue weighted by Crippen LogP contribution is 2.21. The van der Waals surface area contributed by atoms with Crippen molar-refractivity contribution in [3.8, 4) is 0 Å². The number of aryl methyl sites for hydroxylation is 2. The lowest BCUT2D eigenvalue weighted by Gasteiger charge is -2.02. The summed E-state index contributed by atoms with van der Waals surface area (Å²) in [5.74, 6) is 0. The lowest BCUT2D eigenvalue weighted by Crippen LogP contribution is -1.96. The van der Waals surface area contributed by atoms with Gasteiger partial charge in [-0.3, -0.25) is 10.1 Å². The van der Waals surface area contributed by atoms with Crippen LogP contribution in [0.25, 0.3) is 0 Å². The summed E-state index contributed by atoms with van der Waals surface area (Å²) in [6.07, 6.45) is 2.53. The molecule has 0 saturated carbocycles. The van der Waals surface area contributed by atoms with Gasteiger partial charge in [0.15, 0.2) is 0 Å². The van der Waals surface area contributed by atoms with Crippen molar-refractivity contribution in [3.63, 3.8) is 0 Å². The minimum Gasteiger partial charge on any atom is -0.303 e. The lowest BCUT2D eigenvalue weighted by atomic mass is 10.0. The Balaban J connectivity index is 2.86. The third-order valence-electron chi connectivity index (χ3n) is 2.20. The second kappa shape index (κ2) is 5.24. The van der Waals surface area contributed by atoms with E-state index in [0.29, 0.717) is 24.8 Å². The molecule has 0 aromatic heterocycles. The molecule has 0 radical (unpaired) electrons. The molecule has 0 aliphatic rings. The van der Waals surface area contributed by atoms with Gasteiger partial charge >= 0.3 is 0 Å². The second-order valence-corrected chi connectivity index (χ2v) is 3.45. The molecule has 0 heterocycles. The van der Waals surface area contributed by atoms with Gasteiger partial charge in [-0.2, -0.15) is 0 Å². The molecule has 0 N–H and O–H groups in total. The number of benzene rings is 1. The van der Waals surface area contributed by atoms with Crippen LogP contribution >= 0.6 is 0 Å². The number of unbranched alkanes of at least 4 members (excludes halogenated alkanes) is 1. The van der Waals surface area contributed by atoms with Gasteiger partial charge in [-0.1, -0.05) is 11.6 Å². The summed E-state index contributed by atoms with van der Waals surface area (Å²) in [5.41, 5.74) is 1.86. The van der Waals surface area contributed by atoms with Crippen LogP contribution in [0.2, 0.25) is 0 Å². The van der Waals surface area contributed by atoms with E-state index in [-0.39, 0.29) is 10.6 Å². The Hall–Kier alpha value is -1.71. The number of carbonyl (C=O) groups excluding carboxylic acids is 1. The van der Waals surface area contributed by atoms with E-state index in [9.17, 15) is 14.9 Å². The molecule has 1 rings (SSSR count). The van der Waals surface area contributed by atoms with Crippen LogP contribution in [0.5, 0.6) is 0 Å². The second-order valence-electron chi connectivity index (χ2n) is 3.45. The molecule has 0 atom stereocenters. The number of nitro groups is 1. The monoisotopic (exact) mass is 207 g/mol. The summed E-state index contributed by atoms with van der Waals surface area (Å²) in [5, 5.41) is 10.7. The average Bonchev–Trinajstić information content (AvgIpc) is 2.18. The first-order valence-corrected chi connectivity index (χ1v) is 4.82. The maximum absolute atomic E-state index is 10.7. The van der Waals surface area contributed by atoms with E-state index in [2.05, 4.69) is 0 Å². The number of nitro benzene ring substituents is 1. The molecule has 0 saturated heterocycles. The molecular formula is C11H13NO3. The highest BCUT2D eigenvalue weighted by molar-refractivity contribution is 5.49. The Morgan fingerprint density at radius 2 is 2.20 bits per heavy atom. The van der Waals surface area contributed by atoms with E-state index >= 15 is 0 Å². The fourth-order valence-electron chi connectivity index (χ4n) is 1.47. The molecule has 0 aliphatic heterocycles. The molecule has 15 heavy (non-hydrogen) atoms. The molecule has 1 aromatic carbocycles. The summed E-state index contributed by atoms with van der Waals surface area (Å²) in [4.78, 5) is 20.5. The quantitative estimate of drug-likeness (QED) is 0.322. The third kappa shape index (κ3) is 3.16. The van der Waals surface area contributed by atoms with Crippen LogP contribution in [-0.2, 0) is 11.2 Å². The first-order chi connectivity index (χ1) is 7.15. The Kier molecular flexibility index (Phi) is 3.97. The number of hydrogen-bond donors (Lipinski definition) is 0.